The van der Waals surface area contributed by atoms with E-state index in [1.54, 1.807) is 12.1 Å². The molecule has 4 nitrogen and oxygen atoms in total. The molecule has 0 atom stereocenters. The fourth-order valence-electron chi connectivity index (χ4n) is 1.41. The molecule has 17 heavy (non-hydrogen) atoms. The second kappa shape index (κ2) is 5.75. The van der Waals surface area contributed by atoms with Gasteiger partial charge in [-0.3, -0.25) is 0 Å². The van der Waals surface area contributed by atoms with Gasteiger partial charge in [0.25, 0.3) is 0 Å². The van der Waals surface area contributed by atoms with Crippen LogP contribution < -0.4 is 5.32 Å². The maximum atomic E-state index is 13.1. The minimum atomic E-state index is -0.400. The summed E-state index contributed by atoms with van der Waals surface area (Å²) in [6.45, 7) is 1.17. The van der Waals surface area contributed by atoms with Crippen LogP contribution in [0.5, 0.6) is 0 Å². The maximum Gasteiger partial charge on any atom is 0.227 e. The average molecular weight is 256 g/mol. The second-order valence-electron chi connectivity index (χ2n) is 3.47. The SMILES string of the molecule is Fc1cccc(CNCCc2ncno2)c1Cl. The molecule has 0 aliphatic carbocycles. The quantitative estimate of drug-likeness (QED) is 0.832. The highest BCUT2D eigenvalue weighted by molar-refractivity contribution is 6.31. The lowest BCUT2D eigenvalue weighted by molar-refractivity contribution is 0.375. The molecule has 1 heterocycles. The number of nitrogens with one attached hydrogen (secondary N) is 1. The zero-order valence-corrected chi connectivity index (χ0v) is 9.75. The molecule has 0 saturated carbocycles. The summed E-state index contributed by atoms with van der Waals surface area (Å²) in [5, 5.41) is 6.79. The Hall–Kier alpha value is -1.46. The molecule has 1 aromatic carbocycles. The van der Waals surface area contributed by atoms with Crippen LogP contribution in [0.15, 0.2) is 29.0 Å². The summed E-state index contributed by atoms with van der Waals surface area (Å²) in [4.78, 5) is 3.89. The first-order valence-corrected chi connectivity index (χ1v) is 5.54. The highest BCUT2D eigenvalue weighted by Gasteiger charge is 2.05. The third-order valence-electron chi connectivity index (χ3n) is 2.27. The first-order chi connectivity index (χ1) is 8.27. The van der Waals surface area contributed by atoms with Crippen molar-refractivity contribution in [2.75, 3.05) is 6.54 Å². The molecular formula is C11H11ClFN3O. The van der Waals surface area contributed by atoms with Crippen molar-refractivity contribution in [3.05, 3.63) is 46.8 Å². The minimum absolute atomic E-state index is 0.165. The van der Waals surface area contributed by atoms with Gasteiger partial charge in [-0.2, -0.15) is 4.98 Å². The Balaban J connectivity index is 1.80. The van der Waals surface area contributed by atoms with Crippen LogP contribution >= 0.6 is 11.6 Å². The molecule has 0 fully saturated rings. The minimum Gasteiger partial charge on any atom is -0.340 e. The molecular weight excluding hydrogens is 245 g/mol. The van der Waals surface area contributed by atoms with Crippen molar-refractivity contribution in [1.82, 2.24) is 15.5 Å². The summed E-state index contributed by atoms with van der Waals surface area (Å²) in [7, 11) is 0. The van der Waals surface area contributed by atoms with E-state index < -0.39 is 5.82 Å². The van der Waals surface area contributed by atoms with Crippen molar-refractivity contribution < 1.29 is 8.91 Å². The van der Waals surface area contributed by atoms with Gasteiger partial charge in [0.05, 0.1) is 5.02 Å². The predicted molar refractivity (Wildman–Crippen MR) is 61.1 cm³/mol. The van der Waals surface area contributed by atoms with Gasteiger partial charge in [0, 0.05) is 19.5 Å². The Labute approximate surface area is 103 Å². The Morgan fingerprint density at radius 3 is 3.06 bits per heavy atom. The molecule has 90 valence electrons. The second-order valence-corrected chi connectivity index (χ2v) is 3.85. The van der Waals surface area contributed by atoms with Crippen LogP contribution in [0, 0.1) is 5.82 Å². The summed E-state index contributed by atoms with van der Waals surface area (Å²) >= 11 is 5.82. The summed E-state index contributed by atoms with van der Waals surface area (Å²) in [5.41, 5.74) is 0.734. The lowest BCUT2D eigenvalue weighted by atomic mass is 10.2. The first-order valence-electron chi connectivity index (χ1n) is 5.16. The standard InChI is InChI=1S/C11H11ClFN3O/c12-11-8(2-1-3-9(11)13)6-14-5-4-10-15-7-16-17-10/h1-3,7,14H,4-6H2. The largest absolute Gasteiger partial charge is 0.340 e. The molecule has 0 aliphatic heterocycles. The van der Waals surface area contributed by atoms with Gasteiger partial charge in [-0.1, -0.05) is 28.9 Å². The van der Waals surface area contributed by atoms with Gasteiger partial charge >= 0.3 is 0 Å². The van der Waals surface area contributed by atoms with Crippen LogP contribution in [0.25, 0.3) is 0 Å². The lowest BCUT2D eigenvalue weighted by Gasteiger charge is -2.05. The van der Waals surface area contributed by atoms with Gasteiger partial charge in [-0.15, -0.1) is 0 Å². The van der Waals surface area contributed by atoms with Crippen LogP contribution in [0.4, 0.5) is 4.39 Å². The molecule has 0 bridgehead atoms. The van der Waals surface area contributed by atoms with Crippen LogP contribution in [0.3, 0.4) is 0 Å². The molecule has 0 amide bonds. The van der Waals surface area contributed by atoms with E-state index in [1.165, 1.54) is 12.4 Å². The predicted octanol–water partition coefficient (Wildman–Crippen LogP) is 2.19. The van der Waals surface area contributed by atoms with E-state index in [2.05, 4.69) is 15.5 Å². The Bertz CT molecular complexity index is 476. The van der Waals surface area contributed by atoms with E-state index in [4.69, 9.17) is 16.1 Å². The van der Waals surface area contributed by atoms with E-state index in [1.807, 2.05) is 0 Å². The Kier molecular flexibility index (Phi) is 4.06. The van der Waals surface area contributed by atoms with E-state index >= 15 is 0 Å². The fraction of sp³-hybridized carbons (Fsp3) is 0.273. The Morgan fingerprint density at radius 1 is 1.41 bits per heavy atom. The molecule has 1 aromatic heterocycles. The third kappa shape index (κ3) is 3.25. The molecule has 2 rings (SSSR count). The lowest BCUT2D eigenvalue weighted by Crippen LogP contribution is -2.17. The zero-order valence-electron chi connectivity index (χ0n) is 8.99. The van der Waals surface area contributed by atoms with Crippen molar-refractivity contribution in [1.29, 1.82) is 0 Å². The topological polar surface area (TPSA) is 51.0 Å². The summed E-state index contributed by atoms with van der Waals surface area (Å²) in [6.07, 6.45) is 1.99. The third-order valence-corrected chi connectivity index (χ3v) is 2.69. The smallest absolute Gasteiger partial charge is 0.227 e. The molecule has 0 saturated heterocycles. The van der Waals surface area contributed by atoms with Crippen molar-refractivity contribution in [3.8, 4) is 0 Å². The van der Waals surface area contributed by atoms with Gasteiger partial charge in [0.15, 0.2) is 6.33 Å². The van der Waals surface area contributed by atoms with Crippen molar-refractivity contribution in [2.45, 2.75) is 13.0 Å². The summed E-state index contributed by atoms with van der Waals surface area (Å²) in [6, 6.07) is 4.76. The molecule has 0 radical (unpaired) electrons. The van der Waals surface area contributed by atoms with Gasteiger partial charge in [0.1, 0.15) is 5.82 Å². The molecule has 2 aromatic rings. The number of hydrogen-bond donors (Lipinski definition) is 1. The van der Waals surface area contributed by atoms with Crippen LogP contribution in [-0.2, 0) is 13.0 Å². The molecule has 0 unspecified atom stereocenters. The number of rotatable bonds is 5. The highest BCUT2D eigenvalue weighted by Crippen LogP contribution is 2.19. The van der Waals surface area contributed by atoms with E-state index in [-0.39, 0.29) is 5.02 Å². The highest BCUT2D eigenvalue weighted by atomic mass is 35.5. The van der Waals surface area contributed by atoms with Crippen molar-refractivity contribution in [3.63, 3.8) is 0 Å². The molecule has 1 N–H and O–H groups in total. The number of hydrogen-bond acceptors (Lipinski definition) is 4. The van der Waals surface area contributed by atoms with Crippen LogP contribution in [0.2, 0.25) is 5.02 Å². The average Bonchev–Trinajstić information content (AvgIpc) is 2.83. The zero-order chi connectivity index (χ0) is 12.1. The molecule has 0 aliphatic rings. The maximum absolute atomic E-state index is 13.1. The fourth-order valence-corrected chi connectivity index (χ4v) is 1.60. The van der Waals surface area contributed by atoms with Gasteiger partial charge < -0.3 is 9.84 Å². The van der Waals surface area contributed by atoms with E-state index in [9.17, 15) is 4.39 Å². The van der Waals surface area contributed by atoms with Crippen LogP contribution in [0.1, 0.15) is 11.5 Å². The summed E-state index contributed by atoms with van der Waals surface area (Å²) in [5.74, 6) is 0.172. The van der Waals surface area contributed by atoms with Gasteiger partial charge in [-0.25, -0.2) is 4.39 Å². The monoisotopic (exact) mass is 255 g/mol. The van der Waals surface area contributed by atoms with Crippen LogP contribution in [-0.4, -0.2) is 16.7 Å². The number of nitrogens with zero attached hydrogens (tertiary/aromatic N) is 2. The molecule has 0 spiro atoms. The molecule has 6 heteroatoms. The van der Waals surface area contributed by atoms with E-state index in [0.29, 0.717) is 25.4 Å². The normalized spacial score (nSPS) is 10.7. The van der Waals surface area contributed by atoms with Gasteiger partial charge in [0.2, 0.25) is 5.89 Å². The Morgan fingerprint density at radius 2 is 2.29 bits per heavy atom. The van der Waals surface area contributed by atoms with Crippen molar-refractivity contribution in [2.24, 2.45) is 0 Å². The van der Waals surface area contributed by atoms with E-state index in [0.717, 1.165) is 5.56 Å². The number of halogens is 2. The van der Waals surface area contributed by atoms with Gasteiger partial charge in [-0.05, 0) is 11.6 Å². The van der Waals surface area contributed by atoms with Crippen molar-refractivity contribution >= 4 is 11.6 Å². The first kappa shape index (κ1) is 12.0. The number of aromatic nitrogens is 2. The summed E-state index contributed by atoms with van der Waals surface area (Å²) < 4.78 is 18.0. The number of benzene rings is 1.